The molecule has 0 saturated carbocycles. The molecule has 0 bridgehead atoms. The van der Waals surface area contributed by atoms with E-state index in [9.17, 15) is 15.8 Å². The van der Waals surface area contributed by atoms with Gasteiger partial charge in [-0.3, -0.25) is 0 Å². The first-order chi connectivity index (χ1) is 25.6. The molecule has 0 unspecified atom stereocenters. The first-order valence-electron chi connectivity index (χ1n) is 16.8. The normalized spacial score (nSPS) is 11.8. The topological polar surface area (TPSA) is 94.4 Å². The number of hydrogen-bond acceptors (Lipinski definition) is 5. The predicted octanol–water partition coefficient (Wildman–Crippen LogP) is 11.8. The van der Waals surface area contributed by atoms with Gasteiger partial charge in [0.25, 0.3) is 0 Å². The Morgan fingerprint density at radius 3 is 1.83 bits per heavy atom. The number of rotatable bonds is 2. The van der Waals surface area contributed by atoms with Crippen LogP contribution >= 0.6 is 11.3 Å². The Hall–Kier alpha value is -7.37. The van der Waals surface area contributed by atoms with Crippen molar-refractivity contribution >= 4 is 97.1 Å². The first kappa shape index (κ1) is 28.5. The molecule has 0 aliphatic rings. The van der Waals surface area contributed by atoms with Crippen LogP contribution in [0.4, 0.5) is 0 Å². The largest absolute Gasteiger partial charge is 0.453 e. The van der Waals surface area contributed by atoms with Gasteiger partial charge in [-0.2, -0.15) is 15.8 Å². The molecule has 4 heterocycles. The second kappa shape index (κ2) is 10.3. The number of para-hydroxylation sites is 3. The summed E-state index contributed by atoms with van der Waals surface area (Å²) in [7, 11) is 0. The summed E-state index contributed by atoms with van der Waals surface area (Å²) in [4.78, 5) is 0. The van der Waals surface area contributed by atoms with E-state index in [0.717, 1.165) is 76.5 Å². The van der Waals surface area contributed by atoms with E-state index in [4.69, 9.17) is 4.42 Å². The lowest BCUT2D eigenvalue weighted by atomic mass is 10.0. The highest BCUT2D eigenvalue weighted by atomic mass is 32.1. The van der Waals surface area contributed by atoms with Crippen LogP contribution in [0.2, 0.25) is 0 Å². The van der Waals surface area contributed by atoms with Gasteiger partial charge in [0.1, 0.15) is 17.7 Å². The molecule has 0 saturated heterocycles. The second-order valence-corrected chi connectivity index (χ2v) is 14.1. The maximum Gasteiger partial charge on any atom is 0.155 e. The van der Waals surface area contributed by atoms with Gasteiger partial charge in [0.2, 0.25) is 0 Å². The fourth-order valence-corrected chi connectivity index (χ4v) is 9.26. The SMILES string of the molecule is N#Cc1ccc2c(c1)c1ccccc1n2-c1ccc2sc3ccc(-n4c5ccccc5c5cc6c(oc7c(C#N)cccc76)c(C#N)c54)cc3c2c1. The van der Waals surface area contributed by atoms with E-state index >= 15 is 0 Å². The van der Waals surface area contributed by atoms with Gasteiger partial charge in [-0.15, -0.1) is 11.3 Å². The highest BCUT2D eigenvalue weighted by Crippen LogP contribution is 2.43. The molecular formula is C45H21N5OS. The fourth-order valence-electron chi connectivity index (χ4n) is 8.19. The number of aromatic nitrogens is 2. The minimum absolute atomic E-state index is 0.437. The number of nitrogens with zero attached hydrogens (tertiary/aromatic N) is 5. The number of benzene rings is 7. The standard InChI is InChI=1S/C45H21N5OS/c46-22-25-12-15-40-32(18-25)29-7-1-3-10-38(29)49(40)27-13-16-41-33(19-27)34-20-28(14-17-42(34)52-41)50-39-11-4-2-8-30(39)35-21-36-31-9-5-6-26(23-47)44(31)51-45(36)37(24-48)43(35)50/h1-21H. The van der Waals surface area contributed by atoms with Crippen molar-refractivity contribution in [3.05, 3.63) is 144 Å². The van der Waals surface area contributed by atoms with Crippen molar-refractivity contribution < 1.29 is 4.42 Å². The molecule has 52 heavy (non-hydrogen) atoms. The van der Waals surface area contributed by atoms with Crippen molar-refractivity contribution in [1.82, 2.24) is 9.13 Å². The molecule has 0 aliphatic heterocycles. The zero-order valence-corrected chi connectivity index (χ0v) is 28.0. The molecule has 0 spiro atoms. The van der Waals surface area contributed by atoms with Crippen LogP contribution in [0.25, 0.3) is 97.1 Å². The van der Waals surface area contributed by atoms with Crippen LogP contribution in [-0.2, 0) is 0 Å². The van der Waals surface area contributed by atoms with Gasteiger partial charge < -0.3 is 13.6 Å². The van der Waals surface area contributed by atoms with E-state index in [0.29, 0.717) is 27.9 Å². The summed E-state index contributed by atoms with van der Waals surface area (Å²) in [6.45, 7) is 0. The smallest absolute Gasteiger partial charge is 0.155 e. The molecule has 0 atom stereocenters. The van der Waals surface area contributed by atoms with E-state index in [1.54, 1.807) is 17.4 Å². The lowest BCUT2D eigenvalue weighted by molar-refractivity contribution is 0.667. The Bertz CT molecular complexity index is 3520. The van der Waals surface area contributed by atoms with Crippen LogP contribution in [0, 0.1) is 34.0 Å². The van der Waals surface area contributed by atoms with Crippen LogP contribution in [0.1, 0.15) is 16.7 Å². The van der Waals surface area contributed by atoms with Gasteiger partial charge in [0, 0.05) is 63.9 Å². The van der Waals surface area contributed by atoms with Crippen molar-refractivity contribution in [2.45, 2.75) is 0 Å². The minimum atomic E-state index is 0.437. The van der Waals surface area contributed by atoms with Crippen LogP contribution in [0.15, 0.2) is 132 Å². The Morgan fingerprint density at radius 2 is 1.12 bits per heavy atom. The third kappa shape index (κ3) is 3.68. The summed E-state index contributed by atoms with van der Waals surface area (Å²) in [5.74, 6) is 0. The zero-order valence-electron chi connectivity index (χ0n) is 27.2. The molecule has 0 aliphatic carbocycles. The highest BCUT2D eigenvalue weighted by molar-refractivity contribution is 7.25. The molecule has 0 amide bonds. The number of furan rings is 1. The number of nitriles is 3. The Labute approximate surface area is 299 Å². The number of thiophene rings is 1. The van der Waals surface area contributed by atoms with Crippen LogP contribution in [0.3, 0.4) is 0 Å². The molecule has 4 aromatic heterocycles. The molecular weight excluding hydrogens is 659 g/mol. The van der Waals surface area contributed by atoms with Crippen molar-refractivity contribution in [3.8, 4) is 29.6 Å². The molecule has 238 valence electrons. The quantitative estimate of drug-likeness (QED) is 0.182. The lowest BCUT2D eigenvalue weighted by Gasteiger charge is -2.10. The van der Waals surface area contributed by atoms with Gasteiger partial charge in [0.05, 0.1) is 39.3 Å². The number of fused-ring (bicyclic) bond motifs is 12. The third-order valence-corrected chi connectivity index (χ3v) is 11.6. The molecule has 6 nitrogen and oxygen atoms in total. The van der Waals surface area contributed by atoms with Crippen molar-refractivity contribution in [3.63, 3.8) is 0 Å². The van der Waals surface area contributed by atoms with Gasteiger partial charge in [-0.1, -0.05) is 48.5 Å². The monoisotopic (exact) mass is 679 g/mol. The van der Waals surface area contributed by atoms with Crippen molar-refractivity contribution in [1.29, 1.82) is 15.8 Å². The first-order valence-corrected chi connectivity index (χ1v) is 17.6. The number of hydrogen-bond donors (Lipinski definition) is 0. The van der Waals surface area contributed by atoms with E-state index in [-0.39, 0.29) is 0 Å². The summed E-state index contributed by atoms with van der Waals surface area (Å²) in [5.41, 5.74) is 8.38. The summed E-state index contributed by atoms with van der Waals surface area (Å²) in [5, 5.41) is 38.2. The minimum Gasteiger partial charge on any atom is -0.453 e. The molecule has 7 aromatic carbocycles. The zero-order chi connectivity index (χ0) is 34.7. The summed E-state index contributed by atoms with van der Waals surface area (Å²) < 4.78 is 13.2. The van der Waals surface area contributed by atoms with E-state index in [1.807, 2.05) is 48.5 Å². The Morgan fingerprint density at radius 1 is 0.462 bits per heavy atom. The Kier molecular flexibility index (Phi) is 5.65. The van der Waals surface area contributed by atoms with E-state index in [1.165, 1.54) is 9.40 Å². The van der Waals surface area contributed by atoms with Crippen LogP contribution < -0.4 is 0 Å². The average molecular weight is 680 g/mol. The van der Waals surface area contributed by atoms with E-state index < -0.39 is 0 Å². The van der Waals surface area contributed by atoms with E-state index in [2.05, 4.69) is 100 Å². The summed E-state index contributed by atoms with van der Waals surface area (Å²) >= 11 is 1.76. The second-order valence-electron chi connectivity index (χ2n) is 13.0. The van der Waals surface area contributed by atoms with Gasteiger partial charge in [-0.25, -0.2) is 0 Å². The molecule has 0 radical (unpaired) electrons. The van der Waals surface area contributed by atoms with Gasteiger partial charge >= 0.3 is 0 Å². The summed E-state index contributed by atoms with van der Waals surface area (Å²) in [6.07, 6.45) is 0. The van der Waals surface area contributed by atoms with Crippen LogP contribution in [-0.4, -0.2) is 9.13 Å². The molecule has 11 rings (SSSR count). The maximum absolute atomic E-state index is 10.8. The molecule has 0 N–H and O–H groups in total. The predicted molar refractivity (Wildman–Crippen MR) is 209 cm³/mol. The lowest BCUT2D eigenvalue weighted by Crippen LogP contribution is -1.96. The maximum atomic E-state index is 10.8. The molecule has 0 fully saturated rings. The fraction of sp³-hybridized carbons (Fsp3) is 0. The highest BCUT2D eigenvalue weighted by Gasteiger charge is 2.23. The van der Waals surface area contributed by atoms with Crippen molar-refractivity contribution in [2.75, 3.05) is 0 Å². The van der Waals surface area contributed by atoms with Gasteiger partial charge in [0.15, 0.2) is 11.2 Å². The summed E-state index contributed by atoms with van der Waals surface area (Å²) in [6, 6.07) is 50.3. The average Bonchev–Trinajstić information content (AvgIpc) is 3.94. The Balaban J connectivity index is 1.19. The molecule has 7 heteroatoms. The van der Waals surface area contributed by atoms with Crippen molar-refractivity contribution in [2.24, 2.45) is 0 Å². The van der Waals surface area contributed by atoms with Gasteiger partial charge in [-0.05, 0) is 78.9 Å². The third-order valence-electron chi connectivity index (χ3n) is 10.4. The van der Waals surface area contributed by atoms with Crippen LogP contribution in [0.5, 0.6) is 0 Å². The molecule has 11 aromatic rings.